The molecule has 15 rings (SSSR count). The average molecular weight is 970 g/mol. The maximum Gasteiger partial charge on any atom is 0.252 e. The standard InChI is InChI=1S/C68H52BN3O3/c1-67(2,3)41-25-29-43(30-26-41)71-55-19-14-20-56-65(55)69(54-40-64-52(49-17-9-11-23-61(49)74-64)39-59(54)72(56)44-31-27-42(28-32-44)68(4,5)6)53-36-34-45(37-58(53)71)70(46-33-35-50-47-15-7-10-22-60(47)73-63(50)38-46)57-21-13-18-51-48-16-8-12-24-62(48)75-66(51)57/h7-40H,1-6H3. The summed E-state index contributed by atoms with van der Waals surface area (Å²) in [5.41, 5.74) is 20.9. The Kier molecular flexibility index (Phi) is 9.18. The van der Waals surface area contributed by atoms with Crippen LogP contribution in [0.5, 0.6) is 0 Å². The molecule has 13 aromatic rings. The SMILES string of the molecule is CC(C)(C)c1ccc(N2c3cc(N(c4ccc5c(c4)oc4ccccc45)c4cccc5c4oc4ccccc45)ccc3B3c4cc5oc6ccccc6c5cc4N(c4ccc(C(C)(C)C)cc4)c4cccc2c43)cc1. The molecule has 2 aliphatic heterocycles. The van der Waals surface area contributed by atoms with Crippen molar-refractivity contribution < 1.29 is 13.3 Å². The lowest BCUT2D eigenvalue weighted by Crippen LogP contribution is -2.61. The van der Waals surface area contributed by atoms with E-state index in [1.807, 2.05) is 18.2 Å². The number of para-hydroxylation sites is 4. The minimum Gasteiger partial charge on any atom is -0.456 e. The summed E-state index contributed by atoms with van der Waals surface area (Å²) in [4.78, 5) is 7.33. The Morgan fingerprint density at radius 1 is 0.360 bits per heavy atom. The molecular weight excluding hydrogens is 918 g/mol. The Labute approximate surface area is 435 Å². The average Bonchev–Trinajstić information content (AvgIpc) is 4.18. The minimum absolute atomic E-state index is 0.0111. The number of furan rings is 3. The van der Waals surface area contributed by atoms with Crippen LogP contribution in [0.25, 0.3) is 65.8 Å². The van der Waals surface area contributed by atoms with Gasteiger partial charge in [-0.15, -0.1) is 0 Å². The van der Waals surface area contributed by atoms with Gasteiger partial charge in [-0.05, 0) is 135 Å². The van der Waals surface area contributed by atoms with Crippen LogP contribution in [-0.2, 0) is 10.8 Å². The van der Waals surface area contributed by atoms with Crippen LogP contribution in [0, 0.1) is 0 Å². The summed E-state index contributed by atoms with van der Waals surface area (Å²) in [5.74, 6) is 0. The van der Waals surface area contributed by atoms with E-state index in [1.54, 1.807) is 0 Å². The number of nitrogens with zero attached hydrogens (tertiary/aromatic N) is 3. The van der Waals surface area contributed by atoms with Crippen LogP contribution in [0.4, 0.5) is 51.2 Å². The summed E-state index contributed by atoms with van der Waals surface area (Å²) in [7, 11) is 0. The first-order valence-corrected chi connectivity index (χ1v) is 26.1. The molecule has 0 spiro atoms. The Bertz CT molecular complexity index is 4470. The Balaban J connectivity index is 1.01. The summed E-state index contributed by atoms with van der Waals surface area (Å²) in [6, 6.07) is 75.1. The summed E-state index contributed by atoms with van der Waals surface area (Å²) in [6.45, 7) is 13.5. The molecule has 0 unspecified atom stereocenters. The second-order valence-corrected chi connectivity index (χ2v) is 22.5. The third-order valence-electron chi connectivity index (χ3n) is 16.0. The molecular formula is C68H52BN3O3. The molecule has 0 aliphatic carbocycles. The van der Waals surface area contributed by atoms with E-state index in [9.17, 15) is 0 Å². The van der Waals surface area contributed by atoms with Crippen molar-refractivity contribution in [2.75, 3.05) is 14.7 Å². The first-order valence-electron chi connectivity index (χ1n) is 26.1. The fourth-order valence-electron chi connectivity index (χ4n) is 12.2. The molecule has 360 valence electrons. The predicted molar refractivity (Wildman–Crippen MR) is 314 cm³/mol. The van der Waals surface area contributed by atoms with Crippen LogP contribution in [0.2, 0.25) is 0 Å². The van der Waals surface area contributed by atoms with E-state index < -0.39 is 0 Å². The van der Waals surface area contributed by atoms with Crippen molar-refractivity contribution in [1.29, 1.82) is 0 Å². The first kappa shape index (κ1) is 43.6. The first-order chi connectivity index (χ1) is 36.4. The molecule has 2 aliphatic rings. The van der Waals surface area contributed by atoms with E-state index in [2.05, 4.69) is 244 Å². The molecule has 0 bridgehead atoms. The molecule has 0 amide bonds. The van der Waals surface area contributed by atoms with E-state index in [1.165, 1.54) is 27.5 Å². The van der Waals surface area contributed by atoms with Gasteiger partial charge in [0.25, 0.3) is 6.71 Å². The fourth-order valence-corrected chi connectivity index (χ4v) is 12.2. The summed E-state index contributed by atoms with van der Waals surface area (Å²) in [5, 5.41) is 6.52. The zero-order chi connectivity index (χ0) is 50.5. The number of rotatable bonds is 5. The lowest BCUT2D eigenvalue weighted by atomic mass is 9.33. The Hall–Kier alpha value is -8.94. The van der Waals surface area contributed by atoms with Crippen molar-refractivity contribution in [2.24, 2.45) is 0 Å². The third-order valence-corrected chi connectivity index (χ3v) is 16.0. The molecule has 0 saturated heterocycles. The summed E-state index contributed by atoms with van der Waals surface area (Å²) in [6.07, 6.45) is 0. The van der Waals surface area contributed by atoms with E-state index >= 15 is 0 Å². The maximum atomic E-state index is 6.86. The Morgan fingerprint density at radius 3 is 1.45 bits per heavy atom. The molecule has 0 N–H and O–H groups in total. The van der Waals surface area contributed by atoms with Crippen LogP contribution < -0.4 is 31.1 Å². The molecule has 0 saturated carbocycles. The van der Waals surface area contributed by atoms with E-state index in [-0.39, 0.29) is 17.5 Å². The molecule has 0 radical (unpaired) electrons. The molecule has 0 fully saturated rings. The monoisotopic (exact) mass is 969 g/mol. The molecule has 3 aromatic heterocycles. The molecule has 7 heteroatoms. The normalized spacial score (nSPS) is 13.4. The largest absolute Gasteiger partial charge is 0.456 e. The molecule has 10 aromatic carbocycles. The van der Waals surface area contributed by atoms with Gasteiger partial charge in [-0.25, -0.2) is 0 Å². The number of hydrogen-bond acceptors (Lipinski definition) is 6. The van der Waals surface area contributed by atoms with Crippen molar-refractivity contribution in [3.8, 4) is 0 Å². The molecule has 75 heavy (non-hydrogen) atoms. The van der Waals surface area contributed by atoms with Gasteiger partial charge in [-0.3, -0.25) is 0 Å². The third kappa shape index (κ3) is 6.60. The number of fused-ring (bicyclic) bond motifs is 13. The fraction of sp³-hybridized carbons (Fsp3) is 0.118. The highest BCUT2D eigenvalue weighted by Gasteiger charge is 2.44. The summed E-state index contributed by atoms with van der Waals surface area (Å²) >= 11 is 0. The zero-order valence-corrected chi connectivity index (χ0v) is 42.8. The van der Waals surface area contributed by atoms with Crippen LogP contribution >= 0.6 is 0 Å². The molecule has 5 heterocycles. The van der Waals surface area contributed by atoms with E-state index in [0.717, 1.165) is 117 Å². The van der Waals surface area contributed by atoms with Gasteiger partial charge in [-0.2, -0.15) is 0 Å². The summed E-state index contributed by atoms with van der Waals surface area (Å²) < 4.78 is 20.2. The van der Waals surface area contributed by atoms with Gasteiger partial charge in [-0.1, -0.05) is 145 Å². The second kappa shape index (κ2) is 15.8. The van der Waals surface area contributed by atoms with Gasteiger partial charge in [0, 0.05) is 78.2 Å². The smallest absolute Gasteiger partial charge is 0.252 e. The molecule has 0 atom stereocenters. The lowest BCUT2D eigenvalue weighted by Gasteiger charge is -2.44. The van der Waals surface area contributed by atoms with Crippen molar-refractivity contribution in [2.45, 2.75) is 52.4 Å². The second-order valence-electron chi connectivity index (χ2n) is 22.5. The van der Waals surface area contributed by atoms with Crippen molar-refractivity contribution >= 4 is 140 Å². The van der Waals surface area contributed by atoms with Crippen LogP contribution in [0.3, 0.4) is 0 Å². The van der Waals surface area contributed by atoms with Gasteiger partial charge in [0.2, 0.25) is 0 Å². The highest BCUT2D eigenvalue weighted by Crippen LogP contribution is 2.49. The lowest BCUT2D eigenvalue weighted by molar-refractivity contribution is 0.590. The number of hydrogen-bond donors (Lipinski definition) is 0. The van der Waals surface area contributed by atoms with Gasteiger partial charge in [0.15, 0.2) is 5.58 Å². The van der Waals surface area contributed by atoms with Crippen LogP contribution in [-0.4, -0.2) is 6.71 Å². The van der Waals surface area contributed by atoms with Crippen LogP contribution in [0.15, 0.2) is 220 Å². The maximum absolute atomic E-state index is 6.86. The van der Waals surface area contributed by atoms with E-state index in [0.29, 0.717) is 0 Å². The van der Waals surface area contributed by atoms with Gasteiger partial charge in [0.05, 0.1) is 11.4 Å². The van der Waals surface area contributed by atoms with Gasteiger partial charge >= 0.3 is 0 Å². The van der Waals surface area contributed by atoms with Crippen molar-refractivity contribution in [3.63, 3.8) is 0 Å². The Morgan fingerprint density at radius 2 is 0.840 bits per heavy atom. The number of benzene rings is 10. The highest BCUT2D eigenvalue weighted by atomic mass is 16.3. The predicted octanol–water partition coefficient (Wildman–Crippen LogP) is 17.5. The quantitative estimate of drug-likeness (QED) is 0.160. The number of anilines is 9. The van der Waals surface area contributed by atoms with Crippen molar-refractivity contribution in [1.82, 2.24) is 0 Å². The van der Waals surface area contributed by atoms with Crippen molar-refractivity contribution in [3.05, 3.63) is 217 Å². The minimum atomic E-state index is -0.137. The zero-order valence-electron chi connectivity index (χ0n) is 42.8. The van der Waals surface area contributed by atoms with Crippen LogP contribution in [0.1, 0.15) is 52.7 Å². The van der Waals surface area contributed by atoms with Gasteiger partial charge < -0.3 is 28.0 Å². The highest BCUT2D eigenvalue weighted by molar-refractivity contribution is 7.00. The topological polar surface area (TPSA) is 49.1 Å². The van der Waals surface area contributed by atoms with Gasteiger partial charge in [0.1, 0.15) is 27.9 Å². The molecule has 6 nitrogen and oxygen atoms in total. The van der Waals surface area contributed by atoms with E-state index in [4.69, 9.17) is 13.3 Å².